The van der Waals surface area contributed by atoms with Crippen LogP contribution in [0.15, 0.2) is 34.0 Å². The number of carbonyl (C=O) groups excluding carboxylic acids is 2. The molecule has 1 atom stereocenters. The van der Waals surface area contributed by atoms with E-state index < -0.39 is 12.1 Å². The molecule has 0 bridgehead atoms. The van der Waals surface area contributed by atoms with Crippen molar-refractivity contribution in [1.29, 1.82) is 0 Å². The molecule has 0 saturated heterocycles. The number of thiazole rings is 1. The summed E-state index contributed by atoms with van der Waals surface area (Å²) in [6.07, 6.45) is -0.819. The van der Waals surface area contributed by atoms with Crippen LogP contribution in [0.1, 0.15) is 5.69 Å². The first kappa shape index (κ1) is 16.8. The Labute approximate surface area is 147 Å². The van der Waals surface area contributed by atoms with Gasteiger partial charge in [0, 0.05) is 11.1 Å². The highest BCUT2D eigenvalue weighted by Gasteiger charge is 2.34. The summed E-state index contributed by atoms with van der Waals surface area (Å²) in [7, 11) is 1.30. The highest BCUT2D eigenvalue weighted by molar-refractivity contribution is 8.01. The predicted molar refractivity (Wildman–Crippen MR) is 92.8 cm³/mol. The Kier molecular flexibility index (Phi) is 5.06. The Morgan fingerprint density at radius 2 is 2.25 bits per heavy atom. The van der Waals surface area contributed by atoms with E-state index in [1.54, 1.807) is 23.1 Å². The number of anilines is 1. The quantitative estimate of drug-likeness (QED) is 0.613. The molecule has 0 N–H and O–H groups in total. The summed E-state index contributed by atoms with van der Waals surface area (Å²) in [6, 6.07) is 7.17. The van der Waals surface area contributed by atoms with Crippen molar-refractivity contribution in [2.45, 2.75) is 17.4 Å². The van der Waals surface area contributed by atoms with E-state index in [0.717, 1.165) is 10.0 Å². The summed E-state index contributed by atoms with van der Waals surface area (Å²) in [5.74, 6) is 0.153. The van der Waals surface area contributed by atoms with Crippen molar-refractivity contribution in [2.24, 2.45) is 0 Å². The van der Waals surface area contributed by atoms with Gasteiger partial charge in [-0.1, -0.05) is 23.9 Å². The molecule has 0 radical (unpaired) electrons. The van der Waals surface area contributed by atoms with Crippen LogP contribution in [0.2, 0.25) is 0 Å². The van der Waals surface area contributed by atoms with Gasteiger partial charge >= 0.3 is 5.97 Å². The van der Waals surface area contributed by atoms with Gasteiger partial charge in [0.15, 0.2) is 4.34 Å². The van der Waals surface area contributed by atoms with Crippen LogP contribution in [0.5, 0.6) is 5.75 Å². The molecule has 8 heteroatoms. The molecule has 1 aromatic heterocycles. The van der Waals surface area contributed by atoms with E-state index in [-0.39, 0.29) is 18.2 Å². The lowest BCUT2D eigenvalue weighted by atomic mass is 10.2. The summed E-state index contributed by atoms with van der Waals surface area (Å²) in [5.41, 5.74) is 1.61. The number of benzene rings is 1. The Morgan fingerprint density at radius 3 is 2.96 bits per heavy atom. The van der Waals surface area contributed by atoms with E-state index >= 15 is 0 Å². The molecule has 0 aliphatic carbocycles. The zero-order valence-electron chi connectivity index (χ0n) is 13.2. The van der Waals surface area contributed by atoms with E-state index in [9.17, 15) is 9.59 Å². The van der Waals surface area contributed by atoms with Gasteiger partial charge in [-0.15, -0.1) is 11.3 Å². The molecule has 0 spiro atoms. The summed E-state index contributed by atoms with van der Waals surface area (Å²) >= 11 is 2.91. The largest absolute Gasteiger partial charge is 0.475 e. The fourth-order valence-corrected chi connectivity index (χ4v) is 4.05. The summed E-state index contributed by atoms with van der Waals surface area (Å²) in [6.45, 7) is 2.06. The van der Waals surface area contributed by atoms with Crippen molar-refractivity contribution in [3.63, 3.8) is 0 Å². The molecule has 24 heavy (non-hydrogen) atoms. The molecule has 126 valence electrons. The Balaban J connectivity index is 1.76. The number of ether oxygens (including phenoxy) is 2. The first-order valence-corrected chi connectivity index (χ1v) is 9.14. The molecule has 3 rings (SSSR count). The number of aryl methyl sites for hydroxylation is 1. The highest BCUT2D eigenvalue weighted by atomic mass is 32.2. The number of thioether (sulfide) groups is 1. The first-order valence-electron chi connectivity index (χ1n) is 7.27. The lowest BCUT2D eigenvalue weighted by Crippen LogP contribution is -2.48. The molecule has 6 nitrogen and oxygen atoms in total. The van der Waals surface area contributed by atoms with Gasteiger partial charge in [-0.2, -0.15) is 0 Å². The van der Waals surface area contributed by atoms with Gasteiger partial charge in [0.2, 0.25) is 12.0 Å². The van der Waals surface area contributed by atoms with E-state index in [1.165, 1.54) is 30.2 Å². The fraction of sp³-hybridized carbons (Fsp3) is 0.312. The average molecular weight is 364 g/mol. The van der Waals surface area contributed by atoms with E-state index in [4.69, 9.17) is 9.47 Å². The smallest absolute Gasteiger partial charge is 0.348 e. The number of amides is 1. The maximum atomic E-state index is 12.7. The number of esters is 1. The standard InChI is InChI=1S/C16H16N2O4S2/c1-10-8-23-16(17-10)24-9-14(19)18-7-13(15(20)21-2)22-12-6-4-3-5-11(12)18/h3-6,8,13H,7,9H2,1-2H3. The number of rotatable bonds is 4. The first-order chi connectivity index (χ1) is 11.6. The van der Waals surface area contributed by atoms with Crippen LogP contribution < -0.4 is 9.64 Å². The van der Waals surface area contributed by atoms with Gasteiger partial charge in [0.25, 0.3) is 0 Å². The van der Waals surface area contributed by atoms with Crippen LogP contribution in [0, 0.1) is 6.92 Å². The molecular weight excluding hydrogens is 348 g/mol. The minimum absolute atomic E-state index is 0.0995. The van der Waals surface area contributed by atoms with Crippen LogP contribution in [0.25, 0.3) is 0 Å². The zero-order chi connectivity index (χ0) is 17.1. The lowest BCUT2D eigenvalue weighted by molar-refractivity contribution is -0.148. The second-order valence-electron chi connectivity index (χ2n) is 5.15. The lowest BCUT2D eigenvalue weighted by Gasteiger charge is -2.33. The van der Waals surface area contributed by atoms with Crippen LogP contribution in [-0.2, 0) is 14.3 Å². The molecule has 1 aromatic carbocycles. The summed E-state index contributed by atoms with van der Waals surface area (Å²) in [4.78, 5) is 30.4. The van der Waals surface area contributed by atoms with Crippen molar-refractivity contribution in [3.05, 3.63) is 35.3 Å². The molecular formula is C16H16N2O4S2. The normalized spacial score (nSPS) is 16.2. The molecule has 1 aliphatic rings. The number of carbonyl (C=O) groups is 2. The SMILES string of the molecule is COC(=O)C1CN(C(=O)CSc2nc(C)cs2)c2ccccc2O1. The molecule has 2 heterocycles. The van der Waals surface area contributed by atoms with Gasteiger partial charge in [-0.25, -0.2) is 9.78 Å². The molecule has 2 aromatic rings. The monoisotopic (exact) mass is 364 g/mol. The minimum atomic E-state index is -0.819. The number of fused-ring (bicyclic) bond motifs is 1. The Hall–Kier alpha value is -2.06. The van der Waals surface area contributed by atoms with Gasteiger partial charge in [0.1, 0.15) is 5.75 Å². The highest BCUT2D eigenvalue weighted by Crippen LogP contribution is 2.34. The van der Waals surface area contributed by atoms with Gasteiger partial charge < -0.3 is 14.4 Å². The molecule has 1 aliphatic heterocycles. The number of methoxy groups -OCH3 is 1. The molecule has 1 unspecified atom stereocenters. The van der Waals surface area contributed by atoms with Crippen LogP contribution >= 0.6 is 23.1 Å². The number of aromatic nitrogens is 1. The van der Waals surface area contributed by atoms with Crippen molar-refractivity contribution < 1.29 is 19.1 Å². The van der Waals surface area contributed by atoms with Crippen molar-refractivity contribution in [2.75, 3.05) is 24.3 Å². The number of para-hydroxylation sites is 2. The maximum absolute atomic E-state index is 12.7. The Bertz CT molecular complexity index is 762. The van der Waals surface area contributed by atoms with E-state index in [1.807, 2.05) is 18.4 Å². The van der Waals surface area contributed by atoms with E-state index in [2.05, 4.69) is 4.98 Å². The molecule has 0 saturated carbocycles. The van der Waals surface area contributed by atoms with Gasteiger partial charge in [-0.05, 0) is 19.1 Å². The predicted octanol–water partition coefficient (Wildman–Crippen LogP) is 2.51. The summed E-state index contributed by atoms with van der Waals surface area (Å²) < 4.78 is 11.2. The minimum Gasteiger partial charge on any atom is -0.475 e. The maximum Gasteiger partial charge on any atom is 0.348 e. The number of nitrogens with zero attached hydrogens (tertiary/aromatic N) is 2. The topological polar surface area (TPSA) is 68.7 Å². The second kappa shape index (κ2) is 7.23. The Morgan fingerprint density at radius 1 is 1.46 bits per heavy atom. The number of hydrogen-bond donors (Lipinski definition) is 0. The van der Waals surface area contributed by atoms with Gasteiger partial charge in [0.05, 0.1) is 25.1 Å². The van der Waals surface area contributed by atoms with Crippen molar-refractivity contribution in [1.82, 2.24) is 4.98 Å². The fourth-order valence-electron chi connectivity index (χ4n) is 2.32. The van der Waals surface area contributed by atoms with Crippen LogP contribution in [-0.4, -0.2) is 42.4 Å². The molecule has 0 fully saturated rings. The van der Waals surface area contributed by atoms with Crippen LogP contribution in [0.3, 0.4) is 0 Å². The molecule has 1 amide bonds. The van der Waals surface area contributed by atoms with E-state index in [0.29, 0.717) is 11.4 Å². The van der Waals surface area contributed by atoms with Crippen molar-refractivity contribution >= 4 is 40.7 Å². The second-order valence-corrected chi connectivity index (χ2v) is 7.23. The summed E-state index contributed by atoms with van der Waals surface area (Å²) in [5, 5.41) is 1.95. The third-order valence-electron chi connectivity index (χ3n) is 3.46. The zero-order valence-corrected chi connectivity index (χ0v) is 14.9. The van der Waals surface area contributed by atoms with Crippen molar-refractivity contribution in [3.8, 4) is 5.75 Å². The third kappa shape index (κ3) is 3.54. The van der Waals surface area contributed by atoms with Gasteiger partial charge in [-0.3, -0.25) is 4.79 Å². The average Bonchev–Trinajstić information content (AvgIpc) is 3.03. The third-order valence-corrected chi connectivity index (χ3v) is 5.58. The van der Waals surface area contributed by atoms with Crippen LogP contribution in [0.4, 0.5) is 5.69 Å². The number of hydrogen-bond acceptors (Lipinski definition) is 7.